The van der Waals surface area contributed by atoms with Gasteiger partial charge in [0.2, 0.25) is 0 Å². The van der Waals surface area contributed by atoms with Gasteiger partial charge in [-0.2, -0.15) is 0 Å². The van der Waals surface area contributed by atoms with Gasteiger partial charge in [0.1, 0.15) is 18.0 Å². The summed E-state index contributed by atoms with van der Waals surface area (Å²) >= 11 is 0. The highest BCUT2D eigenvalue weighted by Crippen LogP contribution is 2.30. The summed E-state index contributed by atoms with van der Waals surface area (Å²) in [6, 6.07) is 9.08. The largest absolute Gasteiger partial charge is 0.467 e. The van der Waals surface area contributed by atoms with Crippen molar-refractivity contribution in [3.63, 3.8) is 0 Å². The molecule has 1 aromatic rings. The molecule has 1 fully saturated rings. The molecule has 0 bridgehead atoms. The minimum absolute atomic E-state index is 0.00325. The topological polar surface area (TPSA) is 102 Å². The van der Waals surface area contributed by atoms with Gasteiger partial charge in [0.05, 0.1) is 13.7 Å². The summed E-state index contributed by atoms with van der Waals surface area (Å²) in [6.07, 6.45) is -1.72. The number of benzene rings is 1. The van der Waals surface area contributed by atoms with Crippen molar-refractivity contribution in [2.45, 2.75) is 51.9 Å². The number of piperazine rings is 1. The molecule has 31 heavy (non-hydrogen) atoms. The van der Waals surface area contributed by atoms with E-state index in [1.54, 1.807) is 32.9 Å². The lowest BCUT2D eigenvalue weighted by molar-refractivity contribution is -0.160. The summed E-state index contributed by atoms with van der Waals surface area (Å²) in [7, 11) is 1.17. The number of nitrogens with zero attached hydrogens (tertiary/aromatic N) is 2. The lowest BCUT2D eigenvalue weighted by atomic mass is 9.88. The van der Waals surface area contributed by atoms with Crippen molar-refractivity contribution >= 4 is 23.9 Å². The summed E-state index contributed by atoms with van der Waals surface area (Å²) in [6.45, 7) is 6.35. The molecule has 2 rings (SSSR count). The molecule has 1 saturated heterocycles. The smallest absolute Gasteiger partial charge is 0.411 e. The second-order valence-electron chi connectivity index (χ2n) is 8.50. The van der Waals surface area contributed by atoms with Gasteiger partial charge in [-0.3, -0.25) is 9.69 Å². The number of Topliss-reactive ketones (excluding diaryl/α,β-unsaturated/α-hetero) is 1. The van der Waals surface area contributed by atoms with Crippen LogP contribution in [-0.4, -0.2) is 71.6 Å². The van der Waals surface area contributed by atoms with E-state index in [1.807, 2.05) is 18.2 Å². The number of ketones is 1. The Bertz CT molecular complexity index is 819. The first-order valence-electron chi connectivity index (χ1n) is 10.0. The first kappa shape index (κ1) is 24.2. The van der Waals surface area contributed by atoms with E-state index >= 15 is 0 Å². The van der Waals surface area contributed by atoms with Gasteiger partial charge in [0.15, 0.2) is 5.54 Å². The Balaban J connectivity index is 2.30. The summed E-state index contributed by atoms with van der Waals surface area (Å²) in [5, 5.41) is 0. The Morgan fingerprint density at radius 1 is 1.03 bits per heavy atom. The highest BCUT2D eigenvalue weighted by atomic mass is 16.6. The van der Waals surface area contributed by atoms with Crippen LogP contribution >= 0.6 is 0 Å². The van der Waals surface area contributed by atoms with E-state index in [4.69, 9.17) is 14.2 Å². The summed E-state index contributed by atoms with van der Waals surface area (Å²) < 4.78 is 15.8. The molecule has 0 radical (unpaired) electrons. The highest BCUT2D eigenvalue weighted by Gasteiger charge is 2.54. The highest BCUT2D eigenvalue weighted by molar-refractivity contribution is 5.93. The summed E-state index contributed by atoms with van der Waals surface area (Å²) in [5.41, 5.74) is -1.67. The number of methoxy groups -OCH3 is 1. The molecule has 9 heteroatoms. The molecule has 9 nitrogen and oxygen atoms in total. The van der Waals surface area contributed by atoms with Crippen molar-refractivity contribution in [3.8, 4) is 0 Å². The van der Waals surface area contributed by atoms with E-state index in [1.165, 1.54) is 23.8 Å². The van der Waals surface area contributed by atoms with Crippen LogP contribution in [0.1, 0.15) is 39.7 Å². The zero-order valence-electron chi connectivity index (χ0n) is 18.7. The first-order valence-corrected chi connectivity index (χ1v) is 10.0. The number of ether oxygens (including phenoxy) is 3. The lowest BCUT2D eigenvalue weighted by Crippen LogP contribution is -2.69. The third-order valence-electron chi connectivity index (χ3n) is 4.75. The van der Waals surface area contributed by atoms with Crippen LogP contribution in [-0.2, 0) is 30.4 Å². The first-order chi connectivity index (χ1) is 14.5. The predicted octanol–water partition coefficient (Wildman–Crippen LogP) is 2.77. The van der Waals surface area contributed by atoms with Crippen LogP contribution in [0.15, 0.2) is 30.3 Å². The maximum Gasteiger partial charge on any atom is 0.411 e. The lowest BCUT2D eigenvalue weighted by Gasteiger charge is -2.47. The molecule has 2 amide bonds. The standard InChI is InChI=1S/C22H30N2O7/c1-16(25)13-22(18(26)29-5)15-23(19(27)31-21(2,3)4)11-12-24(22)20(28)30-14-17-9-7-6-8-10-17/h6-10H,11-15H2,1-5H3. The van der Waals surface area contributed by atoms with Crippen LogP contribution < -0.4 is 0 Å². The van der Waals surface area contributed by atoms with Crippen molar-refractivity contribution in [2.24, 2.45) is 0 Å². The quantitative estimate of drug-likeness (QED) is 0.519. The molecule has 0 spiro atoms. The van der Waals surface area contributed by atoms with Gasteiger partial charge in [-0.25, -0.2) is 14.4 Å². The van der Waals surface area contributed by atoms with E-state index < -0.39 is 29.3 Å². The number of amides is 2. The molecular weight excluding hydrogens is 404 g/mol. The van der Waals surface area contributed by atoms with E-state index in [9.17, 15) is 19.2 Å². The normalized spacial score (nSPS) is 18.9. The van der Waals surface area contributed by atoms with Crippen molar-refractivity contribution in [1.82, 2.24) is 9.80 Å². The van der Waals surface area contributed by atoms with Gasteiger partial charge < -0.3 is 19.1 Å². The Morgan fingerprint density at radius 3 is 2.23 bits per heavy atom. The number of carbonyl (C=O) groups excluding carboxylic acids is 4. The molecule has 170 valence electrons. The SMILES string of the molecule is COC(=O)C1(CC(C)=O)CN(C(=O)OC(C)(C)C)CCN1C(=O)OCc1ccccc1. The van der Waals surface area contributed by atoms with Gasteiger partial charge in [0.25, 0.3) is 0 Å². The van der Waals surface area contributed by atoms with Gasteiger partial charge in [0, 0.05) is 19.5 Å². The van der Waals surface area contributed by atoms with Crippen molar-refractivity contribution < 1.29 is 33.4 Å². The molecule has 1 unspecified atom stereocenters. The van der Waals surface area contributed by atoms with E-state index in [0.717, 1.165) is 5.56 Å². The van der Waals surface area contributed by atoms with Gasteiger partial charge in [-0.1, -0.05) is 30.3 Å². The maximum absolute atomic E-state index is 12.9. The van der Waals surface area contributed by atoms with Gasteiger partial charge in [-0.15, -0.1) is 0 Å². The Hall–Kier alpha value is -3.10. The van der Waals surface area contributed by atoms with Crippen molar-refractivity contribution in [3.05, 3.63) is 35.9 Å². The molecule has 0 saturated carbocycles. The molecule has 1 aliphatic heterocycles. The maximum atomic E-state index is 12.9. The fourth-order valence-electron chi connectivity index (χ4n) is 3.46. The van der Waals surface area contributed by atoms with Crippen LogP contribution in [0.5, 0.6) is 0 Å². The average molecular weight is 434 g/mol. The van der Waals surface area contributed by atoms with Gasteiger partial charge in [-0.05, 0) is 33.3 Å². The molecular formula is C22H30N2O7. The third-order valence-corrected chi connectivity index (χ3v) is 4.75. The van der Waals surface area contributed by atoms with Crippen LogP contribution in [0, 0.1) is 0 Å². The molecule has 0 N–H and O–H groups in total. The fourth-order valence-corrected chi connectivity index (χ4v) is 3.46. The monoisotopic (exact) mass is 434 g/mol. The Labute approximate surface area is 182 Å². The Kier molecular flexibility index (Phi) is 7.65. The van der Waals surface area contributed by atoms with Crippen molar-refractivity contribution in [2.75, 3.05) is 26.7 Å². The minimum Gasteiger partial charge on any atom is -0.467 e. The second kappa shape index (κ2) is 9.80. The molecule has 0 aromatic heterocycles. The number of hydrogen-bond acceptors (Lipinski definition) is 7. The number of hydrogen-bond donors (Lipinski definition) is 0. The number of carbonyl (C=O) groups is 4. The second-order valence-corrected chi connectivity index (χ2v) is 8.50. The molecule has 1 heterocycles. The minimum atomic E-state index is -1.70. The Morgan fingerprint density at radius 2 is 1.68 bits per heavy atom. The van der Waals surface area contributed by atoms with Crippen LogP contribution in [0.4, 0.5) is 9.59 Å². The zero-order chi connectivity index (χ0) is 23.2. The predicted molar refractivity (Wildman–Crippen MR) is 111 cm³/mol. The third kappa shape index (κ3) is 6.19. The van der Waals surface area contributed by atoms with E-state index in [-0.39, 0.29) is 38.4 Å². The van der Waals surface area contributed by atoms with E-state index in [0.29, 0.717) is 0 Å². The van der Waals surface area contributed by atoms with Gasteiger partial charge >= 0.3 is 18.2 Å². The average Bonchev–Trinajstić information content (AvgIpc) is 2.70. The molecule has 0 aliphatic carbocycles. The molecule has 1 atom stereocenters. The van der Waals surface area contributed by atoms with E-state index in [2.05, 4.69) is 0 Å². The number of esters is 1. The zero-order valence-corrected chi connectivity index (χ0v) is 18.7. The van der Waals surface area contributed by atoms with Crippen molar-refractivity contribution in [1.29, 1.82) is 0 Å². The van der Waals surface area contributed by atoms with Crippen LogP contribution in [0.3, 0.4) is 0 Å². The fraction of sp³-hybridized carbons (Fsp3) is 0.545. The molecule has 1 aromatic carbocycles. The van der Waals surface area contributed by atoms with Crippen LogP contribution in [0.2, 0.25) is 0 Å². The summed E-state index contributed by atoms with van der Waals surface area (Å²) in [5.74, 6) is -1.13. The molecule has 1 aliphatic rings. The number of rotatable bonds is 5. The van der Waals surface area contributed by atoms with Crippen LogP contribution in [0.25, 0.3) is 0 Å². The summed E-state index contributed by atoms with van der Waals surface area (Å²) in [4.78, 5) is 53.0.